The van der Waals surface area contributed by atoms with Gasteiger partial charge in [0, 0.05) is 67.0 Å². The smallest absolute Gasteiger partial charge is 0.0542 e. The van der Waals surface area contributed by atoms with Gasteiger partial charge in [-0.25, -0.2) is 0 Å². The summed E-state index contributed by atoms with van der Waals surface area (Å²) in [6, 6.07) is 91.8. The zero-order chi connectivity index (χ0) is 42.4. The first-order valence-electron chi connectivity index (χ1n) is 21.8. The van der Waals surface area contributed by atoms with Crippen LogP contribution in [0.25, 0.3) is 66.1 Å². The molecule has 4 heteroatoms. The van der Waals surface area contributed by atoms with Crippen LogP contribution >= 0.6 is 0 Å². The molecule has 0 radical (unpaired) electrons. The van der Waals surface area contributed by atoms with Crippen molar-refractivity contribution in [3.8, 4) is 22.5 Å². The van der Waals surface area contributed by atoms with Crippen molar-refractivity contribution in [2.45, 2.75) is 0 Å². The van der Waals surface area contributed by atoms with Crippen molar-refractivity contribution in [1.82, 2.24) is 9.13 Å². The molecule has 302 valence electrons. The Morgan fingerprint density at radius 3 is 0.797 bits per heavy atom. The topological polar surface area (TPSA) is 16.3 Å². The number of benzene rings is 10. The standard InChI is InChI=1S/C60H42N4/c1-7-19-45(20-8-1)61(46-21-9-2-10-22-46)51-33-37-59-55(41-51)53-39-43(31-35-57(53)63(59)49-27-15-5-16-28-49)44-32-36-58-54(40-44)56-42-52(34-38-60(56)64(58)50-29-17-6-18-30-50)62(47-23-11-3-12-24-47)48-25-13-4-14-26-48/h1-42H. The highest BCUT2D eigenvalue weighted by Crippen LogP contribution is 2.43. The van der Waals surface area contributed by atoms with E-state index in [0.717, 1.165) is 45.5 Å². The number of para-hydroxylation sites is 6. The van der Waals surface area contributed by atoms with E-state index in [4.69, 9.17) is 0 Å². The fourth-order valence-corrected chi connectivity index (χ4v) is 9.57. The number of nitrogens with zero attached hydrogens (tertiary/aromatic N) is 4. The molecule has 12 aromatic rings. The van der Waals surface area contributed by atoms with Crippen molar-refractivity contribution >= 4 is 77.7 Å². The van der Waals surface area contributed by atoms with Crippen LogP contribution in [0.1, 0.15) is 0 Å². The fourth-order valence-electron chi connectivity index (χ4n) is 9.57. The quantitative estimate of drug-likeness (QED) is 0.144. The summed E-state index contributed by atoms with van der Waals surface area (Å²) in [6.45, 7) is 0. The second-order valence-electron chi connectivity index (χ2n) is 16.2. The molecule has 0 saturated carbocycles. The molecule has 0 unspecified atom stereocenters. The molecular weight excluding hydrogens is 777 g/mol. The molecule has 0 spiro atoms. The first-order chi connectivity index (χ1) is 31.8. The van der Waals surface area contributed by atoms with Crippen LogP contribution in [0.5, 0.6) is 0 Å². The van der Waals surface area contributed by atoms with Crippen LogP contribution in [0.3, 0.4) is 0 Å². The average Bonchev–Trinajstić information content (AvgIpc) is 3.87. The molecule has 10 aromatic carbocycles. The first-order valence-corrected chi connectivity index (χ1v) is 21.8. The molecule has 0 aliphatic carbocycles. The Morgan fingerprint density at radius 1 is 0.219 bits per heavy atom. The van der Waals surface area contributed by atoms with Crippen LogP contribution in [-0.4, -0.2) is 9.13 Å². The molecule has 0 amide bonds. The lowest BCUT2D eigenvalue weighted by molar-refractivity contribution is 1.18. The van der Waals surface area contributed by atoms with Gasteiger partial charge in [-0.3, -0.25) is 0 Å². The average molecular weight is 819 g/mol. The third kappa shape index (κ3) is 6.40. The molecule has 0 atom stereocenters. The molecule has 12 rings (SSSR count). The van der Waals surface area contributed by atoms with Crippen LogP contribution in [0, 0.1) is 0 Å². The molecule has 0 saturated heterocycles. The van der Waals surface area contributed by atoms with Crippen LogP contribution < -0.4 is 9.80 Å². The summed E-state index contributed by atoms with van der Waals surface area (Å²) in [4.78, 5) is 4.69. The van der Waals surface area contributed by atoms with E-state index in [-0.39, 0.29) is 0 Å². The van der Waals surface area contributed by atoms with Crippen molar-refractivity contribution in [2.24, 2.45) is 0 Å². The van der Waals surface area contributed by atoms with Gasteiger partial charge < -0.3 is 18.9 Å². The van der Waals surface area contributed by atoms with E-state index < -0.39 is 0 Å². The monoisotopic (exact) mass is 818 g/mol. The van der Waals surface area contributed by atoms with E-state index in [0.29, 0.717) is 0 Å². The van der Waals surface area contributed by atoms with Crippen molar-refractivity contribution < 1.29 is 0 Å². The predicted octanol–water partition coefficient (Wildman–Crippen LogP) is 16.5. The molecule has 2 heterocycles. The number of hydrogen-bond acceptors (Lipinski definition) is 2. The maximum absolute atomic E-state index is 2.40. The number of hydrogen-bond donors (Lipinski definition) is 0. The summed E-state index contributed by atoms with van der Waals surface area (Å²) in [5, 5.41) is 4.80. The van der Waals surface area contributed by atoms with E-state index in [2.05, 4.69) is 274 Å². The number of anilines is 6. The normalized spacial score (nSPS) is 11.4. The second-order valence-corrected chi connectivity index (χ2v) is 16.2. The van der Waals surface area contributed by atoms with Gasteiger partial charge in [-0.1, -0.05) is 121 Å². The second kappa shape index (κ2) is 15.7. The lowest BCUT2D eigenvalue weighted by atomic mass is 10.00. The minimum absolute atomic E-state index is 1.11. The van der Waals surface area contributed by atoms with Gasteiger partial charge in [0.2, 0.25) is 0 Å². The van der Waals surface area contributed by atoms with Gasteiger partial charge >= 0.3 is 0 Å². The van der Waals surface area contributed by atoms with E-state index in [1.807, 2.05) is 0 Å². The summed E-state index contributed by atoms with van der Waals surface area (Å²) in [5.41, 5.74) is 15.9. The van der Waals surface area contributed by atoms with Crippen LogP contribution in [-0.2, 0) is 0 Å². The van der Waals surface area contributed by atoms with Gasteiger partial charge in [-0.2, -0.15) is 0 Å². The predicted molar refractivity (Wildman–Crippen MR) is 270 cm³/mol. The summed E-state index contributed by atoms with van der Waals surface area (Å²) in [7, 11) is 0. The lowest BCUT2D eigenvalue weighted by Crippen LogP contribution is -2.09. The molecule has 64 heavy (non-hydrogen) atoms. The molecule has 4 nitrogen and oxygen atoms in total. The highest BCUT2D eigenvalue weighted by molar-refractivity contribution is 6.14. The molecule has 0 aliphatic heterocycles. The summed E-state index contributed by atoms with van der Waals surface area (Å²) < 4.78 is 4.80. The van der Waals surface area contributed by atoms with Gasteiger partial charge in [-0.15, -0.1) is 0 Å². The minimum Gasteiger partial charge on any atom is -0.310 e. The van der Waals surface area contributed by atoms with Crippen LogP contribution in [0.4, 0.5) is 34.1 Å². The number of aromatic nitrogens is 2. The van der Waals surface area contributed by atoms with E-state index in [1.165, 1.54) is 54.7 Å². The number of rotatable bonds is 9. The Hall–Kier alpha value is -8.60. The van der Waals surface area contributed by atoms with E-state index >= 15 is 0 Å². The Morgan fingerprint density at radius 2 is 0.484 bits per heavy atom. The zero-order valence-electron chi connectivity index (χ0n) is 35.0. The van der Waals surface area contributed by atoms with Gasteiger partial charge in [0.25, 0.3) is 0 Å². The number of fused-ring (bicyclic) bond motifs is 6. The molecular formula is C60H42N4. The Kier molecular flexibility index (Phi) is 9.12. The Bertz CT molecular complexity index is 3260. The minimum atomic E-state index is 1.11. The summed E-state index contributed by atoms with van der Waals surface area (Å²) in [6.07, 6.45) is 0. The Labute approximate surface area is 372 Å². The highest BCUT2D eigenvalue weighted by atomic mass is 15.1. The summed E-state index contributed by atoms with van der Waals surface area (Å²) >= 11 is 0. The maximum Gasteiger partial charge on any atom is 0.0542 e. The van der Waals surface area contributed by atoms with Crippen molar-refractivity contribution in [3.05, 3.63) is 255 Å². The van der Waals surface area contributed by atoms with Crippen LogP contribution in [0.2, 0.25) is 0 Å². The fraction of sp³-hybridized carbons (Fsp3) is 0. The van der Waals surface area contributed by atoms with Crippen molar-refractivity contribution in [2.75, 3.05) is 9.80 Å². The van der Waals surface area contributed by atoms with Crippen LogP contribution in [0.15, 0.2) is 255 Å². The third-order valence-corrected chi connectivity index (χ3v) is 12.4. The van der Waals surface area contributed by atoms with E-state index in [1.54, 1.807) is 0 Å². The lowest BCUT2D eigenvalue weighted by Gasteiger charge is -2.25. The molecule has 0 N–H and O–H groups in total. The molecule has 0 bridgehead atoms. The molecule has 2 aromatic heterocycles. The van der Waals surface area contributed by atoms with E-state index in [9.17, 15) is 0 Å². The van der Waals surface area contributed by atoms with Crippen molar-refractivity contribution in [3.63, 3.8) is 0 Å². The van der Waals surface area contributed by atoms with Gasteiger partial charge in [0.05, 0.1) is 22.1 Å². The van der Waals surface area contributed by atoms with Gasteiger partial charge in [0.1, 0.15) is 0 Å². The Balaban J connectivity index is 1.07. The van der Waals surface area contributed by atoms with Gasteiger partial charge in [-0.05, 0) is 145 Å². The SMILES string of the molecule is c1ccc(N(c2ccccc2)c2ccc3c(c2)c2cc(-c4ccc5c(c4)c4cc(N(c6ccccc6)c6ccccc6)ccc4n5-c4ccccc4)ccc2n3-c2ccccc2)cc1. The largest absolute Gasteiger partial charge is 0.310 e. The maximum atomic E-state index is 2.40. The third-order valence-electron chi connectivity index (χ3n) is 12.4. The first kappa shape index (κ1) is 37.2. The molecule has 0 fully saturated rings. The molecule has 0 aliphatic rings. The highest BCUT2D eigenvalue weighted by Gasteiger charge is 2.20. The van der Waals surface area contributed by atoms with Gasteiger partial charge in [0.15, 0.2) is 0 Å². The zero-order valence-corrected chi connectivity index (χ0v) is 35.0. The summed E-state index contributed by atoms with van der Waals surface area (Å²) in [5.74, 6) is 0. The van der Waals surface area contributed by atoms with Crippen molar-refractivity contribution in [1.29, 1.82) is 0 Å².